The Kier molecular flexibility index (Phi) is 2.95. The predicted molar refractivity (Wildman–Crippen MR) is 72.4 cm³/mol. The Morgan fingerprint density at radius 3 is 2.74 bits per heavy atom. The Bertz CT molecular complexity index is 600. The molecule has 2 aromatic rings. The lowest BCUT2D eigenvalue weighted by Gasteiger charge is -2.17. The third-order valence-corrected chi connectivity index (χ3v) is 3.42. The average molecular weight is 257 g/mol. The van der Waals surface area contributed by atoms with Gasteiger partial charge in [-0.1, -0.05) is 12.1 Å². The van der Waals surface area contributed by atoms with E-state index >= 15 is 0 Å². The van der Waals surface area contributed by atoms with E-state index in [4.69, 9.17) is 5.11 Å². The second kappa shape index (κ2) is 4.76. The van der Waals surface area contributed by atoms with Crippen LogP contribution in [0.3, 0.4) is 0 Å². The fourth-order valence-corrected chi connectivity index (χ4v) is 2.42. The van der Waals surface area contributed by atoms with Crippen LogP contribution in [0.15, 0.2) is 30.3 Å². The van der Waals surface area contributed by atoms with Crippen molar-refractivity contribution < 1.29 is 9.90 Å². The fraction of sp³-hybridized carbons (Fsp3) is 0.286. The van der Waals surface area contributed by atoms with Gasteiger partial charge in [-0.3, -0.25) is 5.10 Å². The summed E-state index contributed by atoms with van der Waals surface area (Å²) in [5.41, 5.74) is 2.89. The third kappa shape index (κ3) is 2.31. The Labute approximate surface area is 110 Å². The number of nitrogens with zero attached hydrogens (tertiary/aromatic N) is 2. The summed E-state index contributed by atoms with van der Waals surface area (Å²) >= 11 is 0. The number of hydrogen-bond acceptors (Lipinski definition) is 3. The van der Waals surface area contributed by atoms with Crippen LogP contribution in [-0.4, -0.2) is 34.4 Å². The van der Waals surface area contributed by atoms with Crippen molar-refractivity contribution in [1.29, 1.82) is 0 Å². The molecule has 5 heteroatoms. The monoisotopic (exact) mass is 257 g/mol. The topological polar surface area (TPSA) is 69.2 Å². The molecule has 0 bridgehead atoms. The largest absolute Gasteiger partial charge is 0.477 e. The normalized spacial score (nSPS) is 14.8. The van der Waals surface area contributed by atoms with E-state index in [1.807, 2.05) is 12.1 Å². The highest BCUT2D eigenvalue weighted by atomic mass is 16.4. The third-order valence-electron chi connectivity index (χ3n) is 3.42. The minimum Gasteiger partial charge on any atom is -0.477 e. The van der Waals surface area contributed by atoms with Crippen LogP contribution in [-0.2, 0) is 0 Å². The van der Waals surface area contributed by atoms with Crippen molar-refractivity contribution in [3.63, 3.8) is 0 Å². The Hall–Kier alpha value is -2.30. The van der Waals surface area contributed by atoms with Gasteiger partial charge in [0.15, 0.2) is 0 Å². The van der Waals surface area contributed by atoms with E-state index in [1.54, 1.807) is 6.07 Å². The van der Waals surface area contributed by atoms with E-state index in [0.29, 0.717) is 5.69 Å². The van der Waals surface area contributed by atoms with Crippen molar-refractivity contribution in [1.82, 2.24) is 10.2 Å². The number of carboxylic acid groups (broad SMARTS) is 1. The number of hydrogen-bond donors (Lipinski definition) is 2. The number of aromatic amines is 1. The van der Waals surface area contributed by atoms with Crippen LogP contribution in [0.2, 0.25) is 0 Å². The summed E-state index contributed by atoms with van der Waals surface area (Å²) in [5.74, 6) is -0.991. The highest BCUT2D eigenvalue weighted by molar-refractivity contribution is 5.87. The van der Waals surface area contributed by atoms with Crippen molar-refractivity contribution in [2.75, 3.05) is 18.0 Å². The lowest BCUT2D eigenvalue weighted by Crippen LogP contribution is -2.17. The van der Waals surface area contributed by atoms with Gasteiger partial charge >= 0.3 is 5.97 Å². The first-order chi connectivity index (χ1) is 9.24. The maximum Gasteiger partial charge on any atom is 0.353 e. The number of aromatic nitrogens is 2. The van der Waals surface area contributed by atoms with Gasteiger partial charge in [0.1, 0.15) is 5.69 Å². The smallest absolute Gasteiger partial charge is 0.353 e. The molecule has 1 aliphatic heterocycles. The average Bonchev–Trinajstić information content (AvgIpc) is 3.10. The number of nitrogens with one attached hydrogen (secondary N) is 1. The molecule has 1 fully saturated rings. The predicted octanol–water partition coefficient (Wildman–Crippen LogP) is 2.38. The zero-order chi connectivity index (χ0) is 13.2. The molecule has 0 atom stereocenters. The molecule has 2 N–H and O–H groups in total. The zero-order valence-corrected chi connectivity index (χ0v) is 10.5. The maximum atomic E-state index is 10.8. The molecule has 5 nitrogen and oxygen atoms in total. The van der Waals surface area contributed by atoms with Crippen LogP contribution in [0.5, 0.6) is 0 Å². The number of aromatic carboxylic acids is 1. The minimum absolute atomic E-state index is 0.113. The molecule has 0 amide bonds. The first kappa shape index (κ1) is 11.8. The first-order valence-electron chi connectivity index (χ1n) is 6.38. The van der Waals surface area contributed by atoms with Crippen LogP contribution in [0, 0.1) is 0 Å². The standard InChI is InChI=1S/C14H15N3O2/c18-14(19)13-9-12(15-16-13)10-4-3-5-11(8-10)17-6-1-2-7-17/h3-5,8-9H,1-2,6-7H2,(H,15,16)(H,18,19). The van der Waals surface area contributed by atoms with Crippen LogP contribution in [0.1, 0.15) is 23.3 Å². The van der Waals surface area contributed by atoms with E-state index in [2.05, 4.69) is 27.2 Å². The van der Waals surface area contributed by atoms with Crippen molar-refractivity contribution >= 4 is 11.7 Å². The summed E-state index contributed by atoms with van der Waals surface area (Å²) in [6.45, 7) is 2.18. The Balaban J connectivity index is 1.91. The number of rotatable bonds is 3. The molecule has 2 heterocycles. The molecule has 1 saturated heterocycles. The molecule has 0 unspecified atom stereocenters. The van der Waals surface area contributed by atoms with Crippen LogP contribution >= 0.6 is 0 Å². The molecule has 3 rings (SSSR count). The van der Waals surface area contributed by atoms with E-state index < -0.39 is 5.97 Å². The highest BCUT2D eigenvalue weighted by Gasteiger charge is 2.14. The summed E-state index contributed by atoms with van der Waals surface area (Å²) in [7, 11) is 0. The van der Waals surface area contributed by atoms with Gasteiger partial charge in [0.25, 0.3) is 0 Å². The SMILES string of the molecule is O=C(O)c1cc(-c2cccc(N3CCCC3)c2)n[nH]1. The fourth-order valence-electron chi connectivity index (χ4n) is 2.42. The van der Waals surface area contributed by atoms with Gasteiger partial charge in [-0.2, -0.15) is 5.10 Å². The van der Waals surface area contributed by atoms with Crippen molar-refractivity contribution in [3.05, 3.63) is 36.0 Å². The summed E-state index contributed by atoms with van der Waals surface area (Å²) in [5, 5.41) is 15.5. The summed E-state index contributed by atoms with van der Waals surface area (Å²) in [4.78, 5) is 13.2. The van der Waals surface area contributed by atoms with Crippen molar-refractivity contribution in [2.45, 2.75) is 12.8 Å². The van der Waals surface area contributed by atoms with E-state index in [0.717, 1.165) is 18.7 Å². The summed E-state index contributed by atoms with van der Waals surface area (Å²) in [6, 6.07) is 9.64. The molecule has 1 aromatic carbocycles. The minimum atomic E-state index is -0.991. The maximum absolute atomic E-state index is 10.8. The molecule has 1 aromatic heterocycles. The van der Waals surface area contributed by atoms with Gasteiger partial charge in [0, 0.05) is 24.3 Å². The molecule has 0 saturated carbocycles. The Morgan fingerprint density at radius 1 is 1.26 bits per heavy atom. The van der Waals surface area contributed by atoms with Gasteiger partial charge in [0.05, 0.1) is 5.69 Å². The van der Waals surface area contributed by atoms with Crippen LogP contribution < -0.4 is 4.90 Å². The lowest BCUT2D eigenvalue weighted by molar-refractivity contribution is 0.0690. The summed E-state index contributed by atoms with van der Waals surface area (Å²) in [6.07, 6.45) is 2.46. The number of anilines is 1. The van der Waals surface area contributed by atoms with Crippen LogP contribution in [0.4, 0.5) is 5.69 Å². The molecule has 98 valence electrons. The quantitative estimate of drug-likeness (QED) is 0.885. The van der Waals surface area contributed by atoms with Gasteiger partial charge in [0.2, 0.25) is 0 Å². The molecule has 1 aliphatic rings. The number of carboxylic acids is 1. The Morgan fingerprint density at radius 2 is 2.05 bits per heavy atom. The molecule has 0 aliphatic carbocycles. The second-order valence-electron chi connectivity index (χ2n) is 4.72. The molecular formula is C14H15N3O2. The molecule has 0 spiro atoms. The number of benzene rings is 1. The van der Waals surface area contributed by atoms with Crippen LogP contribution in [0.25, 0.3) is 11.3 Å². The molecule has 0 radical (unpaired) electrons. The van der Waals surface area contributed by atoms with Crippen molar-refractivity contribution in [3.8, 4) is 11.3 Å². The number of H-pyrrole nitrogens is 1. The summed E-state index contributed by atoms with van der Waals surface area (Å²) < 4.78 is 0. The van der Waals surface area contributed by atoms with Gasteiger partial charge in [-0.25, -0.2) is 4.79 Å². The molecular weight excluding hydrogens is 242 g/mol. The van der Waals surface area contributed by atoms with Gasteiger partial charge in [-0.15, -0.1) is 0 Å². The second-order valence-corrected chi connectivity index (χ2v) is 4.72. The zero-order valence-electron chi connectivity index (χ0n) is 10.5. The van der Waals surface area contributed by atoms with Gasteiger partial charge in [-0.05, 0) is 31.0 Å². The van der Waals surface area contributed by atoms with Crippen molar-refractivity contribution in [2.24, 2.45) is 0 Å². The highest BCUT2D eigenvalue weighted by Crippen LogP contribution is 2.26. The first-order valence-corrected chi connectivity index (χ1v) is 6.38. The van der Waals surface area contributed by atoms with E-state index in [-0.39, 0.29) is 5.69 Å². The number of carbonyl (C=O) groups is 1. The van der Waals surface area contributed by atoms with E-state index in [9.17, 15) is 4.79 Å². The lowest BCUT2D eigenvalue weighted by atomic mass is 10.1. The van der Waals surface area contributed by atoms with E-state index in [1.165, 1.54) is 18.5 Å². The molecule has 19 heavy (non-hydrogen) atoms. The van der Waals surface area contributed by atoms with Gasteiger partial charge < -0.3 is 10.0 Å².